The Morgan fingerprint density at radius 2 is 2.12 bits per heavy atom. The van der Waals surface area contributed by atoms with E-state index in [1.165, 1.54) is 31.5 Å². The average Bonchev–Trinajstić information content (AvgIpc) is 3.27. The van der Waals surface area contributed by atoms with Crippen LogP contribution in [0.4, 0.5) is 8.78 Å². The van der Waals surface area contributed by atoms with Gasteiger partial charge in [0.15, 0.2) is 0 Å². The average molecular weight is 366 g/mol. The molecule has 0 bridgehead atoms. The number of carbonyl (C=O) groups excluding carboxylic acids is 1. The number of halogens is 2. The van der Waals surface area contributed by atoms with Crippen molar-refractivity contribution in [2.75, 3.05) is 13.2 Å². The number of nitrogens with zero attached hydrogens (tertiary/aromatic N) is 1. The highest BCUT2D eigenvalue weighted by Crippen LogP contribution is 2.61. The molecule has 2 heterocycles. The fraction of sp³-hybridized carbons (Fsp3) is 0.684. The van der Waals surface area contributed by atoms with Crippen LogP contribution in [0.15, 0.2) is 18.3 Å². The summed E-state index contributed by atoms with van der Waals surface area (Å²) in [7, 11) is 0. The summed E-state index contributed by atoms with van der Waals surface area (Å²) in [4.78, 5) is 16.4. The lowest BCUT2D eigenvalue weighted by Gasteiger charge is -2.42. The van der Waals surface area contributed by atoms with E-state index in [0.29, 0.717) is 18.7 Å². The van der Waals surface area contributed by atoms with E-state index in [9.17, 15) is 13.6 Å². The fourth-order valence-corrected chi connectivity index (χ4v) is 4.55. The van der Waals surface area contributed by atoms with Crippen LogP contribution in [0.1, 0.15) is 50.5 Å². The Kier molecular flexibility index (Phi) is 4.59. The number of ether oxygens (including phenoxy) is 2. The van der Waals surface area contributed by atoms with Gasteiger partial charge in [-0.1, -0.05) is 19.3 Å². The third-order valence-corrected chi connectivity index (χ3v) is 6.26. The number of nitrogens with one attached hydrogen (secondary N) is 1. The van der Waals surface area contributed by atoms with Crippen molar-refractivity contribution in [2.24, 2.45) is 11.3 Å². The molecule has 0 radical (unpaired) electrons. The fourth-order valence-electron chi connectivity index (χ4n) is 4.55. The van der Waals surface area contributed by atoms with E-state index in [1.807, 2.05) is 0 Å². The van der Waals surface area contributed by atoms with Crippen LogP contribution < -0.4 is 10.1 Å². The van der Waals surface area contributed by atoms with Crippen molar-refractivity contribution in [2.45, 2.75) is 57.2 Å². The third-order valence-electron chi connectivity index (χ3n) is 6.26. The summed E-state index contributed by atoms with van der Waals surface area (Å²) in [5.74, 6) is 0.0806. The van der Waals surface area contributed by atoms with Gasteiger partial charge in [-0.25, -0.2) is 4.98 Å². The minimum absolute atomic E-state index is 0.0971. The predicted octanol–water partition coefficient (Wildman–Crippen LogP) is 3.39. The molecule has 142 valence electrons. The van der Waals surface area contributed by atoms with E-state index in [0.717, 1.165) is 25.7 Å². The molecule has 3 fully saturated rings. The summed E-state index contributed by atoms with van der Waals surface area (Å²) in [6, 6.07) is 3.20. The molecule has 1 spiro atoms. The molecule has 1 aromatic rings. The number of hydrogen-bond donors (Lipinski definition) is 1. The smallest absolute Gasteiger partial charge is 0.388 e. The van der Waals surface area contributed by atoms with E-state index >= 15 is 0 Å². The van der Waals surface area contributed by atoms with Gasteiger partial charge in [-0.05, 0) is 36.3 Å². The van der Waals surface area contributed by atoms with E-state index in [4.69, 9.17) is 4.74 Å². The number of carbonyl (C=O) groups is 1. The molecule has 2 atom stereocenters. The van der Waals surface area contributed by atoms with Crippen LogP contribution >= 0.6 is 0 Å². The number of amides is 1. The van der Waals surface area contributed by atoms with Crippen molar-refractivity contribution in [1.29, 1.82) is 0 Å². The Labute approximate surface area is 151 Å². The van der Waals surface area contributed by atoms with Gasteiger partial charge >= 0.3 is 6.61 Å². The van der Waals surface area contributed by atoms with Crippen LogP contribution in [-0.2, 0) is 15.1 Å². The lowest BCUT2D eigenvalue weighted by molar-refractivity contribution is -0.156. The van der Waals surface area contributed by atoms with Crippen LogP contribution in [0.3, 0.4) is 0 Å². The number of pyridine rings is 1. The van der Waals surface area contributed by atoms with E-state index in [1.54, 1.807) is 6.07 Å². The van der Waals surface area contributed by atoms with E-state index < -0.39 is 12.2 Å². The first-order chi connectivity index (χ1) is 12.5. The van der Waals surface area contributed by atoms with Crippen LogP contribution in [0, 0.1) is 11.3 Å². The first-order valence-electron chi connectivity index (χ1n) is 9.36. The highest BCUT2D eigenvalue weighted by molar-refractivity contribution is 5.82. The van der Waals surface area contributed by atoms with E-state index in [-0.39, 0.29) is 23.1 Å². The summed E-state index contributed by atoms with van der Waals surface area (Å²) in [5.41, 5.74) is 0.274. The van der Waals surface area contributed by atoms with Gasteiger partial charge in [0.2, 0.25) is 11.8 Å². The monoisotopic (exact) mass is 366 g/mol. The van der Waals surface area contributed by atoms with Crippen molar-refractivity contribution in [1.82, 2.24) is 10.3 Å². The van der Waals surface area contributed by atoms with Gasteiger partial charge in [0.1, 0.15) is 5.60 Å². The standard InChI is InChI=1S/C19H24F2N2O3/c20-17(21)26-15-10-13(4-8-22-15)19(7-9-25-19)12-23-16(24)14-11-18(14)5-2-1-3-6-18/h4,8,10,14,17H,1-3,5-7,9,11-12H2,(H,23,24). The molecule has 2 aliphatic carbocycles. The second-order valence-electron chi connectivity index (χ2n) is 7.75. The molecule has 3 aliphatic rings. The van der Waals surface area contributed by atoms with Crippen molar-refractivity contribution < 1.29 is 23.0 Å². The number of rotatable bonds is 6. The molecule has 7 heteroatoms. The summed E-state index contributed by atoms with van der Waals surface area (Å²) < 4.78 is 35.0. The molecule has 2 unspecified atom stereocenters. The Morgan fingerprint density at radius 3 is 2.77 bits per heavy atom. The lowest BCUT2D eigenvalue weighted by atomic mass is 9.84. The van der Waals surface area contributed by atoms with Crippen LogP contribution in [0.2, 0.25) is 0 Å². The normalized spacial score (nSPS) is 29.3. The summed E-state index contributed by atoms with van der Waals surface area (Å²) >= 11 is 0. The quantitative estimate of drug-likeness (QED) is 0.838. The van der Waals surface area contributed by atoms with Gasteiger partial charge in [-0.2, -0.15) is 8.78 Å². The molecule has 1 saturated heterocycles. The number of aromatic nitrogens is 1. The molecule has 26 heavy (non-hydrogen) atoms. The molecule has 1 aliphatic heterocycles. The summed E-state index contributed by atoms with van der Waals surface area (Å²) in [6.45, 7) is -2.00. The van der Waals surface area contributed by atoms with Gasteiger partial charge in [0, 0.05) is 24.6 Å². The topological polar surface area (TPSA) is 60.5 Å². The Bertz CT molecular complexity index is 673. The Balaban J connectivity index is 1.39. The number of alkyl halides is 2. The minimum atomic E-state index is -2.92. The molecule has 0 aromatic carbocycles. The van der Waals surface area contributed by atoms with Crippen LogP contribution in [-0.4, -0.2) is 30.7 Å². The van der Waals surface area contributed by atoms with Crippen molar-refractivity contribution in [3.05, 3.63) is 23.9 Å². The molecule has 1 amide bonds. The maximum Gasteiger partial charge on any atom is 0.388 e. The molecule has 1 aromatic heterocycles. The zero-order valence-corrected chi connectivity index (χ0v) is 14.7. The molecular formula is C19H24F2N2O3. The molecule has 1 N–H and O–H groups in total. The van der Waals surface area contributed by atoms with Crippen molar-refractivity contribution >= 4 is 5.91 Å². The largest absolute Gasteiger partial charge is 0.417 e. The van der Waals surface area contributed by atoms with E-state index in [2.05, 4.69) is 15.0 Å². The SMILES string of the molecule is O=C(NCC1(c2ccnc(OC(F)F)c2)CCO1)C1CC12CCCCC2. The molecule has 5 nitrogen and oxygen atoms in total. The first-order valence-corrected chi connectivity index (χ1v) is 9.36. The molecular weight excluding hydrogens is 342 g/mol. The first kappa shape index (κ1) is 17.6. The van der Waals surface area contributed by atoms with Crippen LogP contribution in [0.25, 0.3) is 0 Å². The zero-order chi connectivity index (χ0) is 18.2. The second-order valence-corrected chi connectivity index (χ2v) is 7.75. The highest BCUT2D eigenvalue weighted by atomic mass is 19.3. The third kappa shape index (κ3) is 3.29. The van der Waals surface area contributed by atoms with Gasteiger partial charge in [0.05, 0.1) is 13.2 Å². The minimum Gasteiger partial charge on any atom is -0.417 e. The Morgan fingerprint density at radius 1 is 1.35 bits per heavy atom. The molecule has 2 saturated carbocycles. The van der Waals surface area contributed by atoms with Crippen LogP contribution in [0.5, 0.6) is 5.88 Å². The highest BCUT2D eigenvalue weighted by Gasteiger charge is 2.57. The second kappa shape index (κ2) is 6.76. The maximum atomic E-state index is 12.6. The number of hydrogen-bond acceptors (Lipinski definition) is 4. The summed E-state index contributed by atoms with van der Waals surface area (Å²) in [6.07, 6.45) is 9.18. The maximum absolute atomic E-state index is 12.6. The van der Waals surface area contributed by atoms with Gasteiger partial charge in [-0.3, -0.25) is 4.79 Å². The molecule has 4 rings (SSSR count). The lowest BCUT2D eigenvalue weighted by Crippen LogP contribution is -2.50. The Hall–Kier alpha value is -1.76. The van der Waals surface area contributed by atoms with Gasteiger partial charge in [-0.15, -0.1) is 0 Å². The van der Waals surface area contributed by atoms with Gasteiger partial charge in [0.25, 0.3) is 0 Å². The zero-order valence-electron chi connectivity index (χ0n) is 14.7. The van der Waals surface area contributed by atoms with Crippen molar-refractivity contribution in [3.8, 4) is 5.88 Å². The summed E-state index contributed by atoms with van der Waals surface area (Å²) in [5, 5.41) is 3.04. The van der Waals surface area contributed by atoms with Crippen molar-refractivity contribution in [3.63, 3.8) is 0 Å². The van der Waals surface area contributed by atoms with Gasteiger partial charge < -0.3 is 14.8 Å². The predicted molar refractivity (Wildman–Crippen MR) is 89.8 cm³/mol.